The first-order valence-corrected chi connectivity index (χ1v) is 14.7. The van der Waals surface area contributed by atoms with Gasteiger partial charge in [-0.2, -0.15) is 0 Å². The molecule has 2 heteroatoms. The van der Waals surface area contributed by atoms with Gasteiger partial charge in [-0.1, -0.05) is 167 Å². The van der Waals surface area contributed by atoms with Crippen LogP contribution in [0.2, 0.25) is 0 Å². The van der Waals surface area contributed by atoms with Crippen LogP contribution < -0.4 is 0 Å². The third-order valence-corrected chi connectivity index (χ3v) is 6.73. The Morgan fingerprint density at radius 1 is 0.469 bits per heavy atom. The number of carbonyl (C=O) groups is 1. The Bertz CT molecular complexity index is 388. The Balaban J connectivity index is 3.03. The molecule has 32 heavy (non-hydrogen) atoms. The van der Waals surface area contributed by atoms with Crippen LogP contribution in [0.25, 0.3) is 0 Å². The first kappa shape index (κ1) is 31.2. The van der Waals surface area contributed by atoms with Crippen molar-refractivity contribution in [3.05, 3.63) is 12.2 Å². The molecule has 0 aromatic rings. The lowest BCUT2D eigenvalue weighted by Gasteiger charge is -2.04. The number of hydrogen-bond acceptors (Lipinski definition) is 1. The molecule has 0 aliphatic carbocycles. The van der Waals surface area contributed by atoms with E-state index >= 15 is 0 Å². The largest absolute Gasteiger partial charge is 0.478 e. The summed E-state index contributed by atoms with van der Waals surface area (Å²) >= 11 is 0. The Hall–Kier alpha value is -0.790. The summed E-state index contributed by atoms with van der Waals surface area (Å²) in [6.07, 6.45) is 39.3. The lowest BCUT2D eigenvalue weighted by molar-refractivity contribution is -0.131. The van der Waals surface area contributed by atoms with Crippen molar-refractivity contribution in [2.45, 2.75) is 174 Å². The summed E-state index contributed by atoms with van der Waals surface area (Å²) in [5.41, 5.74) is 0. The quantitative estimate of drug-likeness (QED) is 0.0997. The molecule has 0 aliphatic rings. The van der Waals surface area contributed by atoms with Gasteiger partial charge in [-0.15, -0.1) is 0 Å². The predicted octanol–water partition coefficient (Wildman–Crippen LogP) is 10.8. The maximum Gasteiger partial charge on any atom is 0.327 e. The van der Waals surface area contributed by atoms with Crippen molar-refractivity contribution in [1.82, 2.24) is 0 Å². The normalized spacial score (nSPS) is 11.5. The van der Waals surface area contributed by atoms with Gasteiger partial charge in [0.2, 0.25) is 0 Å². The van der Waals surface area contributed by atoms with Gasteiger partial charge in [-0.3, -0.25) is 0 Å². The molecular formula is C30H58O2. The molecule has 0 atom stereocenters. The first-order chi connectivity index (χ1) is 15.8. The number of carboxylic acids is 1. The minimum Gasteiger partial charge on any atom is -0.478 e. The molecule has 0 bridgehead atoms. The summed E-state index contributed by atoms with van der Waals surface area (Å²) in [7, 11) is 0. The van der Waals surface area contributed by atoms with Crippen LogP contribution >= 0.6 is 0 Å². The highest BCUT2D eigenvalue weighted by atomic mass is 16.4. The summed E-state index contributed by atoms with van der Waals surface area (Å²) in [5, 5.41) is 8.52. The molecule has 0 heterocycles. The van der Waals surface area contributed by atoms with Gasteiger partial charge in [0, 0.05) is 6.08 Å². The highest BCUT2D eigenvalue weighted by Gasteiger charge is 1.96. The molecular weight excluding hydrogens is 392 g/mol. The monoisotopic (exact) mass is 450 g/mol. The summed E-state index contributed by atoms with van der Waals surface area (Å²) in [6, 6.07) is 0. The smallest absolute Gasteiger partial charge is 0.327 e. The van der Waals surface area contributed by atoms with E-state index in [-0.39, 0.29) is 0 Å². The van der Waals surface area contributed by atoms with Crippen LogP contribution in [-0.2, 0) is 4.79 Å². The molecule has 0 aromatic heterocycles. The highest BCUT2D eigenvalue weighted by Crippen LogP contribution is 2.15. The zero-order valence-electron chi connectivity index (χ0n) is 21.9. The number of carboxylic acid groups (broad SMARTS) is 1. The molecule has 0 fully saturated rings. The van der Waals surface area contributed by atoms with Crippen LogP contribution in [0, 0.1) is 0 Å². The number of rotatable bonds is 27. The molecule has 190 valence electrons. The van der Waals surface area contributed by atoms with E-state index in [4.69, 9.17) is 5.11 Å². The van der Waals surface area contributed by atoms with E-state index in [0.717, 1.165) is 12.8 Å². The molecule has 2 nitrogen and oxygen atoms in total. The molecule has 0 saturated carbocycles. The van der Waals surface area contributed by atoms with Crippen molar-refractivity contribution in [3.63, 3.8) is 0 Å². The Kier molecular flexibility index (Phi) is 27.5. The zero-order valence-corrected chi connectivity index (χ0v) is 21.9. The van der Waals surface area contributed by atoms with E-state index in [2.05, 4.69) is 6.92 Å². The molecule has 0 unspecified atom stereocenters. The second-order valence-corrected chi connectivity index (χ2v) is 10.0. The van der Waals surface area contributed by atoms with Gasteiger partial charge in [0.05, 0.1) is 0 Å². The van der Waals surface area contributed by atoms with Gasteiger partial charge in [0.1, 0.15) is 0 Å². The molecule has 0 aromatic carbocycles. The fraction of sp³-hybridized carbons (Fsp3) is 0.900. The van der Waals surface area contributed by atoms with E-state index in [1.807, 2.05) is 0 Å². The lowest BCUT2D eigenvalue weighted by Crippen LogP contribution is -1.86. The lowest BCUT2D eigenvalue weighted by atomic mass is 10.0. The van der Waals surface area contributed by atoms with Gasteiger partial charge >= 0.3 is 5.97 Å². The van der Waals surface area contributed by atoms with E-state index in [1.54, 1.807) is 6.08 Å². The molecule has 0 radical (unpaired) electrons. The van der Waals surface area contributed by atoms with Gasteiger partial charge in [-0.25, -0.2) is 4.79 Å². The second kappa shape index (κ2) is 28.2. The van der Waals surface area contributed by atoms with Crippen LogP contribution in [0.3, 0.4) is 0 Å². The minimum absolute atomic E-state index is 0.829. The molecule has 0 amide bonds. The van der Waals surface area contributed by atoms with Gasteiger partial charge < -0.3 is 5.11 Å². The van der Waals surface area contributed by atoms with Crippen molar-refractivity contribution in [2.24, 2.45) is 0 Å². The zero-order chi connectivity index (χ0) is 23.4. The number of unbranched alkanes of at least 4 members (excludes halogenated alkanes) is 25. The van der Waals surface area contributed by atoms with Crippen molar-refractivity contribution < 1.29 is 9.90 Å². The highest BCUT2D eigenvalue weighted by molar-refractivity contribution is 5.79. The Morgan fingerprint density at radius 2 is 0.719 bits per heavy atom. The van der Waals surface area contributed by atoms with Crippen LogP contribution in [0.4, 0.5) is 0 Å². The topological polar surface area (TPSA) is 37.3 Å². The minimum atomic E-state index is -0.829. The van der Waals surface area contributed by atoms with E-state index in [1.165, 1.54) is 160 Å². The van der Waals surface area contributed by atoms with Crippen molar-refractivity contribution >= 4 is 5.97 Å². The Labute approximate surface area is 202 Å². The average Bonchev–Trinajstić information content (AvgIpc) is 2.78. The van der Waals surface area contributed by atoms with Crippen LogP contribution in [0.5, 0.6) is 0 Å². The molecule has 0 spiro atoms. The fourth-order valence-electron chi connectivity index (χ4n) is 4.59. The number of hydrogen-bond donors (Lipinski definition) is 1. The van der Waals surface area contributed by atoms with Crippen molar-refractivity contribution in [2.75, 3.05) is 0 Å². The SMILES string of the molecule is CCCCCCCCCCCCCCCCCCCCCCCCCCCC=CC(=O)O. The maximum absolute atomic E-state index is 10.4. The third-order valence-electron chi connectivity index (χ3n) is 6.73. The summed E-state index contributed by atoms with van der Waals surface area (Å²) < 4.78 is 0. The third kappa shape index (κ3) is 29.2. The standard InChI is InChI=1S/C30H58O2/c1-2-3-4-5-6-7-8-9-10-11-12-13-14-15-16-17-18-19-20-21-22-23-24-25-26-27-28-29-30(31)32/h28-29H,2-27H2,1H3,(H,31,32). The predicted molar refractivity (Wildman–Crippen MR) is 142 cm³/mol. The van der Waals surface area contributed by atoms with E-state index < -0.39 is 5.97 Å². The second-order valence-electron chi connectivity index (χ2n) is 10.0. The van der Waals surface area contributed by atoms with E-state index in [9.17, 15) is 4.79 Å². The maximum atomic E-state index is 10.4. The van der Waals surface area contributed by atoms with Gasteiger partial charge in [0.25, 0.3) is 0 Å². The summed E-state index contributed by atoms with van der Waals surface area (Å²) in [5.74, 6) is -0.829. The van der Waals surface area contributed by atoms with Gasteiger partial charge in [0.15, 0.2) is 0 Å². The number of aliphatic carboxylic acids is 1. The van der Waals surface area contributed by atoms with E-state index in [0.29, 0.717) is 0 Å². The molecule has 0 rings (SSSR count). The average molecular weight is 451 g/mol. The molecule has 1 N–H and O–H groups in total. The van der Waals surface area contributed by atoms with Crippen LogP contribution in [0.1, 0.15) is 174 Å². The van der Waals surface area contributed by atoms with Crippen molar-refractivity contribution in [3.8, 4) is 0 Å². The van der Waals surface area contributed by atoms with Gasteiger partial charge in [-0.05, 0) is 12.8 Å². The summed E-state index contributed by atoms with van der Waals surface area (Å²) in [6.45, 7) is 2.30. The first-order valence-electron chi connectivity index (χ1n) is 14.7. The van der Waals surface area contributed by atoms with Crippen LogP contribution in [0.15, 0.2) is 12.2 Å². The number of allylic oxidation sites excluding steroid dienone is 1. The fourth-order valence-corrected chi connectivity index (χ4v) is 4.59. The summed E-state index contributed by atoms with van der Waals surface area (Å²) in [4.78, 5) is 10.4. The van der Waals surface area contributed by atoms with Crippen molar-refractivity contribution in [1.29, 1.82) is 0 Å². The molecule has 0 aliphatic heterocycles. The van der Waals surface area contributed by atoms with Crippen LogP contribution in [-0.4, -0.2) is 11.1 Å². The Morgan fingerprint density at radius 3 is 0.969 bits per heavy atom. The molecule has 0 saturated heterocycles.